The van der Waals surface area contributed by atoms with Crippen molar-refractivity contribution in [3.05, 3.63) is 29.8 Å². The minimum atomic E-state index is 0.164. The lowest BCUT2D eigenvalue weighted by molar-refractivity contribution is -0.131. The standard InChI is InChI=1S/C16H26N2O2/c1-13(2)12-18(10-4-9-17)16(19)11-14-5-7-15(20-3)8-6-14/h5-8,13H,4,9-12,17H2,1-3H3. The highest BCUT2D eigenvalue weighted by Gasteiger charge is 2.14. The number of rotatable bonds is 8. The minimum absolute atomic E-state index is 0.164. The summed E-state index contributed by atoms with van der Waals surface area (Å²) < 4.78 is 5.12. The Hall–Kier alpha value is -1.55. The van der Waals surface area contributed by atoms with Crippen LogP contribution in [-0.2, 0) is 11.2 Å². The van der Waals surface area contributed by atoms with E-state index in [9.17, 15) is 4.79 Å². The Morgan fingerprint density at radius 2 is 1.95 bits per heavy atom. The van der Waals surface area contributed by atoms with Gasteiger partial charge in [-0.2, -0.15) is 0 Å². The summed E-state index contributed by atoms with van der Waals surface area (Å²) in [6.45, 7) is 6.38. The van der Waals surface area contributed by atoms with Gasteiger partial charge in [0.15, 0.2) is 0 Å². The van der Waals surface area contributed by atoms with Gasteiger partial charge in [0.25, 0.3) is 0 Å². The lowest BCUT2D eigenvalue weighted by Gasteiger charge is -2.24. The van der Waals surface area contributed by atoms with Gasteiger partial charge in [0.1, 0.15) is 5.75 Å². The Morgan fingerprint density at radius 3 is 2.45 bits per heavy atom. The summed E-state index contributed by atoms with van der Waals surface area (Å²) >= 11 is 0. The summed E-state index contributed by atoms with van der Waals surface area (Å²) in [5.74, 6) is 1.44. The average molecular weight is 278 g/mol. The Morgan fingerprint density at radius 1 is 1.30 bits per heavy atom. The quantitative estimate of drug-likeness (QED) is 0.792. The molecule has 0 heterocycles. The Balaban J connectivity index is 2.63. The molecule has 0 aliphatic rings. The van der Waals surface area contributed by atoms with Crippen LogP contribution >= 0.6 is 0 Å². The van der Waals surface area contributed by atoms with Gasteiger partial charge in [-0.15, -0.1) is 0 Å². The number of carbonyl (C=O) groups is 1. The van der Waals surface area contributed by atoms with E-state index in [-0.39, 0.29) is 5.91 Å². The predicted octanol–water partition coefficient (Wildman–Crippen LogP) is 2.07. The second-order valence-electron chi connectivity index (χ2n) is 5.40. The number of amides is 1. The topological polar surface area (TPSA) is 55.6 Å². The summed E-state index contributed by atoms with van der Waals surface area (Å²) in [7, 11) is 1.64. The molecular formula is C16H26N2O2. The molecule has 0 aromatic heterocycles. The lowest BCUT2D eigenvalue weighted by Crippen LogP contribution is -2.36. The van der Waals surface area contributed by atoms with Crippen molar-refractivity contribution >= 4 is 5.91 Å². The van der Waals surface area contributed by atoms with Crippen molar-refractivity contribution in [1.82, 2.24) is 4.90 Å². The van der Waals surface area contributed by atoms with Crippen LogP contribution in [0.3, 0.4) is 0 Å². The molecule has 0 aliphatic carbocycles. The number of carbonyl (C=O) groups excluding carboxylic acids is 1. The Labute approximate surface area is 121 Å². The highest BCUT2D eigenvalue weighted by atomic mass is 16.5. The van der Waals surface area contributed by atoms with Gasteiger partial charge in [0, 0.05) is 13.1 Å². The van der Waals surface area contributed by atoms with E-state index in [0.717, 1.165) is 30.8 Å². The molecule has 0 saturated heterocycles. The molecule has 0 aliphatic heterocycles. The highest BCUT2D eigenvalue weighted by molar-refractivity contribution is 5.78. The third kappa shape index (κ3) is 5.61. The van der Waals surface area contributed by atoms with Gasteiger partial charge < -0.3 is 15.4 Å². The molecule has 20 heavy (non-hydrogen) atoms. The van der Waals surface area contributed by atoms with E-state index in [1.165, 1.54) is 0 Å². The number of hydrogen-bond donors (Lipinski definition) is 1. The van der Waals surface area contributed by atoms with Gasteiger partial charge in [-0.25, -0.2) is 0 Å². The number of nitrogens with zero attached hydrogens (tertiary/aromatic N) is 1. The average Bonchev–Trinajstić information content (AvgIpc) is 2.43. The third-order valence-corrected chi connectivity index (χ3v) is 3.08. The monoisotopic (exact) mass is 278 g/mol. The molecule has 1 rings (SSSR count). The molecule has 112 valence electrons. The van der Waals surface area contributed by atoms with Gasteiger partial charge in [-0.1, -0.05) is 26.0 Å². The summed E-state index contributed by atoms with van der Waals surface area (Å²) in [6, 6.07) is 7.64. The van der Waals surface area contributed by atoms with E-state index < -0.39 is 0 Å². The van der Waals surface area contributed by atoms with Gasteiger partial charge in [-0.05, 0) is 36.6 Å². The first-order valence-corrected chi connectivity index (χ1v) is 7.17. The molecule has 4 heteroatoms. The molecule has 2 N–H and O–H groups in total. The van der Waals surface area contributed by atoms with Gasteiger partial charge in [0.05, 0.1) is 13.5 Å². The zero-order valence-electron chi connectivity index (χ0n) is 12.8. The Kier molecular flexibility index (Phi) is 7.09. The summed E-state index contributed by atoms with van der Waals surface area (Å²) in [5.41, 5.74) is 6.55. The maximum Gasteiger partial charge on any atom is 0.226 e. The lowest BCUT2D eigenvalue weighted by atomic mass is 10.1. The van der Waals surface area contributed by atoms with Crippen molar-refractivity contribution < 1.29 is 9.53 Å². The molecule has 4 nitrogen and oxygen atoms in total. The molecule has 0 bridgehead atoms. The summed E-state index contributed by atoms with van der Waals surface area (Å²) in [4.78, 5) is 14.3. The molecule has 0 radical (unpaired) electrons. The fourth-order valence-corrected chi connectivity index (χ4v) is 2.07. The van der Waals surface area contributed by atoms with Crippen LogP contribution in [0.2, 0.25) is 0 Å². The first-order chi connectivity index (χ1) is 9.56. The van der Waals surface area contributed by atoms with Crippen molar-refractivity contribution in [2.75, 3.05) is 26.7 Å². The van der Waals surface area contributed by atoms with Crippen LogP contribution in [0.25, 0.3) is 0 Å². The molecule has 1 amide bonds. The van der Waals surface area contributed by atoms with Crippen LogP contribution in [0.1, 0.15) is 25.8 Å². The molecule has 1 aromatic carbocycles. The maximum absolute atomic E-state index is 12.4. The zero-order chi connectivity index (χ0) is 15.0. The third-order valence-electron chi connectivity index (χ3n) is 3.08. The fraction of sp³-hybridized carbons (Fsp3) is 0.562. The molecule has 0 spiro atoms. The van der Waals surface area contributed by atoms with Crippen molar-refractivity contribution in [2.45, 2.75) is 26.7 Å². The van der Waals surface area contributed by atoms with E-state index in [2.05, 4.69) is 13.8 Å². The molecular weight excluding hydrogens is 252 g/mol. The zero-order valence-corrected chi connectivity index (χ0v) is 12.8. The van der Waals surface area contributed by atoms with Crippen LogP contribution in [0.4, 0.5) is 0 Å². The van der Waals surface area contributed by atoms with Crippen LogP contribution < -0.4 is 10.5 Å². The normalized spacial score (nSPS) is 10.7. The van der Waals surface area contributed by atoms with Crippen molar-refractivity contribution in [3.63, 3.8) is 0 Å². The fourth-order valence-electron chi connectivity index (χ4n) is 2.07. The van der Waals surface area contributed by atoms with E-state index in [1.807, 2.05) is 29.2 Å². The number of hydrogen-bond acceptors (Lipinski definition) is 3. The second kappa shape index (κ2) is 8.59. The molecule has 0 fully saturated rings. The summed E-state index contributed by atoms with van der Waals surface area (Å²) in [6.07, 6.45) is 1.28. The van der Waals surface area contributed by atoms with Crippen molar-refractivity contribution in [3.8, 4) is 5.75 Å². The largest absolute Gasteiger partial charge is 0.497 e. The Bertz CT molecular complexity index is 401. The second-order valence-corrected chi connectivity index (χ2v) is 5.40. The van der Waals surface area contributed by atoms with E-state index in [0.29, 0.717) is 18.9 Å². The predicted molar refractivity (Wildman–Crippen MR) is 81.8 cm³/mol. The smallest absolute Gasteiger partial charge is 0.226 e. The number of ether oxygens (including phenoxy) is 1. The first kappa shape index (κ1) is 16.5. The number of methoxy groups -OCH3 is 1. The van der Waals surface area contributed by atoms with Crippen molar-refractivity contribution in [1.29, 1.82) is 0 Å². The van der Waals surface area contributed by atoms with Gasteiger partial charge in [-0.3, -0.25) is 4.79 Å². The van der Waals surface area contributed by atoms with Gasteiger partial charge >= 0.3 is 0 Å². The van der Waals surface area contributed by atoms with Crippen molar-refractivity contribution in [2.24, 2.45) is 11.7 Å². The SMILES string of the molecule is COc1ccc(CC(=O)N(CCCN)CC(C)C)cc1. The van der Waals surface area contributed by atoms with Crippen LogP contribution in [0.5, 0.6) is 5.75 Å². The minimum Gasteiger partial charge on any atom is -0.497 e. The van der Waals surface area contributed by atoms with E-state index in [4.69, 9.17) is 10.5 Å². The first-order valence-electron chi connectivity index (χ1n) is 7.17. The molecule has 0 atom stereocenters. The van der Waals surface area contributed by atoms with Crippen LogP contribution in [-0.4, -0.2) is 37.6 Å². The number of benzene rings is 1. The molecule has 1 aromatic rings. The van der Waals surface area contributed by atoms with Crippen LogP contribution in [0, 0.1) is 5.92 Å². The summed E-state index contributed by atoms with van der Waals surface area (Å²) in [5, 5.41) is 0. The highest BCUT2D eigenvalue weighted by Crippen LogP contribution is 2.13. The maximum atomic E-state index is 12.4. The molecule has 0 unspecified atom stereocenters. The van der Waals surface area contributed by atoms with E-state index in [1.54, 1.807) is 7.11 Å². The molecule has 0 saturated carbocycles. The van der Waals surface area contributed by atoms with Gasteiger partial charge in [0.2, 0.25) is 5.91 Å². The van der Waals surface area contributed by atoms with Crippen LogP contribution in [0.15, 0.2) is 24.3 Å². The number of nitrogens with two attached hydrogens (primary N) is 1. The van der Waals surface area contributed by atoms with E-state index >= 15 is 0 Å².